The zero-order valence-corrected chi connectivity index (χ0v) is 16.6. The zero-order chi connectivity index (χ0) is 20.5. The highest BCUT2D eigenvalue weighted by atomic mass is 16.2. The summed E-state index contributed by atoms with van der Waals surface area (Å²) in [4.78, 5) is 28.0. The Morgan fingerprint density at radius 2 is 1.54 bits per heavy atom. The first-order valence-corrected chi connectivity index (χ1v) is 9.41. The Hall–Kier alpha value is -3.33. The molecule has 0 aliphatic carbocycles. The Morgan fingerprint density at radius 1 is 0.964 bits per heavy atom. The Morgan fingerprint density at radius 3 is 2.04 bits per heavy atom. The van der Waals surface area contributed by atoms with Crippen LogP contribution < -0.4 is 15.1 Å². The van der Waals surface area contributed by atoms with Gasteiger partial charge in [0.15, 0.2) is 0 Å². The van der Waals surface area contributed by atoms with Gasteiger partial charge in [0.05, 0.1) is 11.6 Å². The Balaban J connectivity index is 1.95. The summed E-state index contributed by atoms with van der Waals surface area (Å²) in [6.07, 6.45) is 0.178. The molecule has 2 amide bonds. The van der Waals surface area contributed by atoms with Gasteiger partial charge in [-0.05, 0) is 62.4 Å². The molecule has 0 aliphatic heterocycles. The molecule has 0 heterocycles. The van der Waals surface area contributed by atoms with Gasteiger partial charge in [0.2, 0.25) is 11.8 Å². The van der Waals surface area contributed by atoms with E-state index < -0.39 is 0 Å². The maximum atomic E-state index is 12.3. The predicted molar refractivity (Wildman–Crippen MR) is 112 cm³/mol. The van der Waals surface area contributed by atoms with Crippen LogP contribution >= 0.6 is 0 Å². The molecule has 0 saturated heterocycles. The van der Waals surface area contributed by atoms with Crippen molar-refractivity contribution in [1.82, 2.24) is 0 Å². The summed E-state index contributed by atoms with van der Waals surface area (Å²) in [7, 11) is 0. The minimum atomic E-state index is -0.157. The van der Waals surface area contributed by atoms with E-state index in [2.05, 4.69) is 24.1 Å². The summed E-state index contributed by atoms with van der Waals surface area (Å²) in [6, 6.07) is 16.5. The van der Waals surface area contributed by atoms with Gasteiger partial charge in [0, 0.05) is 50.0 Å². The van der Waals surface area contributed by atoms with E-state index in [0.717, 1.165) is 24.5 Å². The van der Waals surface area contributed by atoms with E-state index >= 15 is 0 Å². The molecule has 0 spiro atoms. The first-order valence-electron chi connectivity index (χ1n) is 9.41. The number of rotatable bonds is 8. The molecule has 1 N–H and O–H groups in total. The summed E-state index contributed by atoms with van der Waals surface area (Å²) in [5.74, 6) is -0.309. The van der Waals surface area contributed by atoms with Crippen LogP contribution in [-0.2, 0) is 9.59 Å². The van der Waals surface area contributed by atoms with Crippen LogP contribution in [0.5, 0.6) is 0 Å². The highest BCUT2D eigenvalue weighted by Gasteiger charge is 2.14. The molecule has 0 unspecified atom stereocenters. The third-order valence-corrected chi connectivity index (χ3v) is 4.53. The van der Waals surface area contributed by atoms with E-state index in [4.69, 9.17) is 5.26 Å². The van der Waals surface area contributed by atoms with Crippen molar-refractivity contribution in [2.75, 3.05) is 34.8 Å². The lowest BCUT2D eigenvalue weighted by Gasteiger charge is -2.22. The molecule has 0 aliphatic rings. The summed E-state index contributed by atoms with van der Waals surface area (Å²) in [6.45, 7) is 7.80. The minimum absolute atomic E-state index is 0.152. The fraction of sp³-hybridized carbons (Fsp3) is 0.318. The van der Waals surface area contributed by atoms with E-state index in [0.29, 0.717) is 11.3 Å². The standard InChI is InChI=1S/C22H26N4O2/c1-4-25(5-2)20-12-8-19(9-13-20)24-22(28)14-15-26(17(3)27)21-10-6-18(16-23)7-11-21/h6-13H,4-5,14-15H2,1-3H3,(H,24,28). The van der Waals surface area contributed by atoms with Gasteiger partial charge in [-0.3, -0.25) is 9.59 Å². The minimum Gasteiger partial charge on any atom is -0.372 e. The van der Waals surface area contributed by atoms with Gasteiger partial charge in [0.1, 0.15) is 0 Å². The van der Waals surface area contributed by atoms with E-state index in [1.165, 1.54) is 11.8 Å². The van der Waals surface area contributed by atoms with Gasteiger partial charge in [-0.25, -0.2) is 0 Å². The number of benzene rings is 2. The molecule has 28 heavy (non-hydrogen) atoms. The zero-order valence-electron chi connectivity index (χ0n) is 16.6. The number of nitrogens with zero attached hydrogens (tertiary/aromatic N) is 3. The van der Waals surface area contributed by atoms with Crippen LogP contribution in [0.25, 0.3) is 0 Å². The van der Waals surface area contributed by atoms with Gasteiger partial charge >= 0.3 is 0 Å². The van der Waals surface area contributed by atoms with Gasteiger partial charge in [0.25, 0.3) is 0 Å². The lowest BCUT2D eigenvalue weighted by atomic mass is 10.2. The topological polar surface area (TPSA) is 76.4 Å². The smallest absolute Gasteiger partial charge is 0.226 e. The van der Waals surface area contributed by atoms with Crippen molar-refractivity contribution in [2.45, 2.75) is 27.2 Å². The molecular weight excluding hydrogens is 352 g/mol. The Kier molecular flexibility index (Phi) is 7.58. The maximum absolute atomic E-state index is 12.3. The van der Waals surface area contributed by atoms with Crippen LogP contribution in [0.2, 0.25) is 0 Å². The molecule has 2 aromatic carbocycles. The highest BCUT2D eigenvalue weighted by Crippen LogP contribution is 2.19. The van der Waals surface area contributed by atoms with Crippen molar-refractivity contribution in [3.8, 4) is 6.07 Å². The largest absolute Gasteiger partial charge is 0.372 e. The maximum Gasteiger partial charge on any atom is 0.226 e. The number of nitrogens with one attached hydrogen (secondary N) is 1. The predicted octanol–water partition coefficient (Wildman–Crippen LogP) is 3.79. The van der Waals surface area contributed by atoms with Gasteiger partial charge < -0.3 is 15.1 Å². The van der Waals surface area contributed by atoms with E-state index in [-0.39, 0.29) is 24.8 Å². The fourth-order valence-electron chi connectivity index (χ4n) is 2.97. The molecule has 146 valence electrons. The highest BCUT2D eigenvalue weighted by molar-refractivity contribution is 5.94. The van der Waals surface area contributed by atoms with Gasteiger partial charge in [-0.1, -0.05) is 0 Å². The van der Waals surface area contributed by atoms with Crippen molar-refractivity contribution in [3.63, 3.8) is 0 Å². The average molecular weight is 378 g/mol. The van der Waals surface area contributed by atoms with E-state index in [9.17, 15) is 9.59 Å². The van der Waals surface area contributed by atoms with Crippen LogP contribution in [0, 0.1) is 11.3 Å². The fourth-order valence-corrected chi connectivity index (χ4v) is 2.97. The monoisotopic (exact) mass is 378 g/mol. The number of anilines is 3. The SMILES string of the molecule is CCN(CC)c1ccc(NC(=O)CCN(C(C)=O)c2ccc(C#N)cc2)cc1. The molecule has 0 saturated carbocycles. The third-order valence-electron chi connectivity index (χ3n) is 4.53. The Labute approximate surface area is 166 Å². The number of hydrogen-bond acceptors (Lipinski definition) is 4. The molecule has 0 aromatic heterocycles. The summed E-state index contributed by atoms with van der Waals surface area (Å²) in [5.41, 5.74) is 3.04. The van der Waals surface area contributed by atoms with Crippen molar-refractivity contribution < 1.29 is 9.59 Å². The lowest BCUT2D eigenvalue weighted by Crippen LogP contribution is -2.31. The van der Waals surface area contributed by atoms with Crippen LogP contribution in [0.4, 0.5) is 17.1 Å². The van der Waals surface area contributed by atoms with E-state index in [1.54, 1.807) is 24.3 Å². The number of amides is 2. The van der Waals surface area contributed by atoms with Crippen molar-refractivity contribution in [2.24, 2.45) is 0 Å². The molecule has 0 radical (unpaired) electrons. The third kappa shape index (κ3) is 5.58. The molecule has 0 atom stereocenters. The molecule has 6 nitrogen and oxygen atoms in total. The van der Waals surface area contributed by atoms with Gasteiger partial charge in [-0.15, -0.1) is 0 Å². The quantitative estimate of drug-likeness (QED) is 0.758. The first-order chi connectivity index (χ1) is 13.5. The molecular formula is C22H26N4O2. The number of carbonyl (C=O) groups is 2. The Bertz CT molecular complexity index is 834. The summed E-state index contributed by atoms with van der Waals surface area (Å²) in [5, 5.41) is 11.8. The molecule has 0 fully saturated rings. The second-order valence-electron chi connectivity index (χ2n) is 6.35. The van der Waals surface area contributed by atoms with Crippen LogP contribution in [0.15, 0.2) is 48.5 Å². The van der Waals surface area contributed by atoms with Gasteiger partial charge in [-0.2, -0.15) is 5.26 Å². The van der Waals surface area contributed by atoms with Crippen LogP contribution in [0.1, 0.15) is 32.8 Å². The first kappa shape index (κ1) is 21.0. The number of carbonyl (C=O) groups excluding carboxylic acids is 2. The number of hydrogen-bond donors (Lipinski definition) is 1. The lowest BCUT2D eigenvalue weighted by molar-refractivity contribution is -0.117. The molecule has 6 heteroatoms. The van der Waals surface area contributed by atoms with Crippen LogP contribution in [-0.4, -0.2) is 31.4 Å². The second-order valence-corrected chi connectivity index (χ2v) is 6.35. The van der Waals surface area contributed by atoms with Crippen LogP contribution in [0.3, 0.4) is 0 Å². The second kappa shape index (κ2) is 10.1. The van der Waals surface area contributed by atoms with Crippen molar-refractivity contribution >= 4 is 28.9 Å². The average Bonchev–Trinajstić information content (AvgIpc) is 2.70. The molecule has 0 bridgehead atoms. The molecule has 2 rings (SSSR count). The van der Waals surface area contributed by atoms with E-state index in [1.807, 2.05) is 30.3 Å². The summed E-state index contributed by atoms with van der Waals surface area (Å²) < 4.78 is 0. The van der Waals surface area contributed by atoms with Crippen molar-refractivity contribution in [1.29, 1.82) is 5.26 Å². The normalized spacial score (nSPS) is 10.1. The van der Waals surface area contributed by atoms with Crippen molar-refractivity contribution in [3.05, 3.63) is 54.1 Å². The molecule has 2 aromatic rings. The summed E-state index contributed by atoms with van der Waals surface area (Å²) >= 11 is 0. The number of nitriles is 1.